The Bertz CT molecular complexity index is 495. The van der Waals surface area contributed by atoms with Gasteiger partial charge < -0.3 is 14.6 Å². The van der Waals surface area contributed by atoms with Gasteiger partial charge in [-0.3, -0.25) is 4.90 Å². The zero-order valence-electron chi connectivity index (χ0n) is 12.0. The van der Waals surface area contributed by atoms with Crippen molar-refractivity contribution in [1.29, 1.82) is 0 Å². The average molecular weight is 314 g/mol. The summed E-state index contributed by atoms with van der Waals surface area (Å²) in [5.41, 5.74) is 1.14. The van der Waals surface area contributed by atoms with Gasteiger partial charge in [-0.2, -0.15) is 0 Å². The van der Waals surface area contributed by atoms with Crippen LogP contribution in [-0.2, 0) is 16.0 Å². The topological polar surface area (TPSA) is 59.0 Å². The van der Waals surface area contributed by atoms with Crippen molar-refractivity contribution in [3.05, 3.63) is 34.3 Å². The van der Waals surface area contributed by atoms with Gasteiger partial charge in [-0.05, 0) is 24.6 Å². The van der Waals surface area contributed by atoms with Crippen molar-refractivity contribution in [3.63, 3.8) is 0 Å². The van der Waals surface area contributed by atoms with Gasteiger partial charge in [0.15, 0.2) is 0 Å². The number of halogens is 1. The molecule has 1 aliphatic rings. The van der Waals surface area contributed by atoms with Gasteiger partial charge in [0.1, 0.15) is 0 Å². The second kappa shape index (κ2) is 7.75. The first-order chi connectivity index (χ1) is 10.1. The summed E-state index contributed by atoms with van der Waals surface area (Å²) >= 11 is 6.00. The molecule has 0 aromatic heterocycles. The van der Waals surface area contributed by atoms with Crippen molar-refractivity contribution < 1.29 is 19.4 Å². The number of benzene rings is 1. The summed E-state index contributed by atoms with van der Waals surface area (Å²) in [6.45, 7) is 6.31. The maximum absolute atomic E-state index is 10.9. The monoisotopic (exact) mass is 313 g/mol. The number of carbonyl (C=O) groups is 1. The fourth-order valence-electron chi connectivity index (χ4n) is 2.36. The molecule has 1 aliphatic heterocycles. The number of morpholine rings is 1. The summed E-state index contributed by atoms with van der Waals surface area (Å²) in [6.07, 6.45) is 0.0902. The van der Waals surface area contributed by atoms with Gasteiger partial charge in [0.2, 0.25) is 0 Å². The molecule has 1 N–H and O–H groups in total. The smallest absolute Gasteiger partial charge is 0.337 e. The van der Waals surface area contributed by atoms with Crippen molar-refractivity contribution in [2.75, 3.05) is 32.9 Å². The minimum Gasteiger partial charge on any atom is -0.478 e. The van der Waals surface area contributed by atoms with Crippen LogP contribution in [-0.4, -0.2) is 55.0 Å². The lowest BCUT2D eigenvalue weighted by Crippen LogP contribution is -2.43. The molecule has 0 spiro atoms. The standard InChI is InChI=1S/C15H20ClNO4/c1-2-20-10-12-9-17(5-6-21-12)8-11-3-4-13(15(18)19)14(16)7-11/h3-4,7,12H,2,5-6,8-10H2,1H3,(H,18,19). The molecule has 5 nitrogen and oxygen atoms in total. The quantitative estimate of drug-likeness (QED) is 0.873. The summed E-state index contributed by atoms with van der Waals surface area (Å²) in [6, 6.07) is 5.08. The molecule has 0 radical (unpaired) electrons. The van der Waals surface area contributed by atoms with Crippen LogP contribution in [0.4, 0.5) is 0 Å². The molecule has 1 fully saturated rings. The van der Waals surface area contributed by atoms with Crippen LogP contribution < -0.4 is 0 Å². The Morgan fingerprint density at radius 1 is 1.57 bits per heavy atom. The largest absolute Gasteiger partial charge is 0.478 e. The number of hydrogen-bond acceptors (Lipinski definition) is 4. The van der Waals surface area contributed by atoms with E-state index in [0.717, 1.165) is 25.2 Å². The van der Waals surface area contributed by atoms with Crippen LogP contribution in [0.1, 0.15) is 22.8 Å². The first-order valence-electron chi connectivity index (χ1n) is 7.03. The van der Waals surface area contributed by atoms with Gasteiger partial charge in [0, 0.05) is 26.2 Å². The Hall–Kier alpha value is -1.14. The van der Waals surface area contributed by atoms with Crippen molar-refractivity contribution in [1.82, 2.24) is 4.90 Å². The number of ether oxygens (including phenoxy) is 2. The van der Waals surface area contributed by atoms with Gasteiger partial charge in [0.25, 0.3) is 0 Å². The molecule has 21 heavy (non-hydrogen) atoms. The number of aromatic carboxylic acids is 1. The van der Waals surface area contributed by atoms with Gasteiger partial charge in [-0.1, -0.05) is 17.7 Å². The van der Waals surface area contributed by atoms with E-state index in [0.29, 0.717) is 19.8 Å². The average Bonchev–Trinajstić information content (AvgIpc) is 2.45. The van der Waals surface area contributed by atoms with Gasteiger partial charge >= 0.3 is 5.97 Å². The van der Waals surface area contributed by atoms with Gasteiger partial charge in [-0.25, -0.2) is 4.79 Å². The summed E-state index contributed by atoms with van der Waals surface area (Å²) in [5.74, 6) is -1.00. The second-order valence-electron chi connectivity index (χ2n) is 5.01. The highest BCUT2D eigenvalue weighted by Crippen LogP contribution is 2.20. The minimum atomic E-state index is -1.00. The van der Waals surface area contributed by atoms with E-state index in [-0.39, 0.29) is 16.7 Å². The molecule has 1 aromatic carbocycles. The number of nitrogens with zero attached hydrogens (tertiary/aromatic N) is 1. The van der Waals surface area contributed by atoms with Crippen LogP contribution in [0, 0.1) is 0 Å². The third-order valence-corrected chi connectivity index (χ3v) is 3.71. The highest BCUT2D eigenvalue weighted by atomic mass is 35.5. The Kier molecular flexibility index (Phi) is 5.99. The molecule has 1 saturated heterocycles. The van der Waals surface area contributed by atoms with E-state index < -0.39 is 5.97 Å². The highest BCUT2D eigenvalue weighted by molar-refractivity contribution is 6.33. The lowest BCUT2D eigenvalue weighted by atomic mass is 10.1. The molecule has 6 heteroatoms. The first-order valence-corrected chi connectivity index (χ1v) is 7.41. The number of rotatable bonds is 6. The molecule has 1 aromatic rings. The van der Waals surface area contributed by atoms with Gasteiger partial charge in [-0.15, -0.1) is 0 Å². The lowest BCUT2D eigenvalue weighted by molar-refractivity contribution is -0.0694. The predicted molar refractivity (Wildman–Crippen MR) is 79.9 cm³/mol. The summed E-state index contributed by atoms with van der Waals surface area (Å²) in [4.78, 5) is 13.2. The fourth-order valence-corrected chi connectivity index (χ4v) is 2.65. The molecule has 0 amide bonds. The molecule has 0 aliphatic carbocycles. The Morgan fingerprint density at radius 2 is 2.38 bits per heavy atom. The Morgan fingerprint density at radius 3 is 3.05 bits per heavy atom. The van der Waals surface area contributed by atoms with E-state index in [1.165, 1.54) is 0 Å². The first kappa shape index (κ1) is 16.2. The predicted octanol–water partition coefficient (Wildman–Crippen LogP) is 2.28. The third-order valence-electron chi connectivity index (χ3n) is 3.40. The highest BCUT2D eigenvalue weighted by Gasteiger charge is 2.21. The van der Waals surface area contributed by atoms with E-state index in [4.69, 9.17) is 26.2 Å². The van der Waals surface area contributed by atoms with E-state index in [1.54, 1.807) is 12.1 Å². The SMILES string of the molecule is CCOCC1CN(Cc2ccc(C(=O)O)c(Cl)c2)CCO1. The van der Waals surface area contributed by atoms with E-state index in [1.807, 2.05) is 13.0 Å². The Balaban J connectivity index is 1.94. The minimum absolute atomic E-state index is 0.0902. The lowest BCUT2D eigenvalue weighted by Gasteiger charge is -2.32. The van der Waals surface area contributed by atoms with Crippen molar-refractivity contribution in [3.8, 4) is 0 Å². The number of hydrogen-bond donors (Lipinski definition) is 1. The zero-order valence-corrected chi connectivity index (χ0v) is 12.8. The molecule has 1 heterocycles. The molecular weight excluding hydrogens is 294 g/mol. The molecule has 1 atom stereocenters. The van der Waals surface area contributed by atoms with E-state index >= 15 is 0 Å². The normalized spacial score (nSPS) is 19.6. The fraction of sp³-hybridized carbons (Fsp3) is 0.533. The zero-order chi connectivity index (χ0) is 15.2. The van der Waals surface area contributed by atoms with Crippen LogP contribution in [0.15, 0.2) is 18.2 Å². The molecule has 1 unspecified atom stereocenters. The Labute approximate surface area is 129 Å². The van der Waals surface area contributed by atoms with Crippen LogP contribution in [0.5, 0.6) is 0 Å². The number of carboxylic acids is 1. The molecule has 2 rings (SSSR count). The summed E-state index contributed by atoms with van der Waals surface area (Å²) in [7, 11) is 0. The summed E-state index contributed by atoms with van der Waals surface area (Å²) < 4.78 is 11.0. The van der Waals surface area contributed by atoms with Crippen LogP contribution >= 0.6 is 11.6 Å². The van der Waals surface area contributed by atoms with E-state index in [2.05, 4.69) is 4.90 Å². The molecule has 0 bridgehead atoms. The third kappa shape index (κ3) is 4.68. The van der Waals surface area contributed by atoms with Crippen LogP contribution in [0.3, 0.4) is 0 Å². The maximum atomic E-state index is 10.9. The van der Waals surface area contributed by atoms with Crippen LogP contribution in [0.2, 0.25) is 5.02 Å². The van der Waals surface area contributed by atoms with Gasteiger partial charge in [0.05, 0.1) is 29.9 Å². The van der Waals surface area contributed by atoms with Crippen LogP contribution in [0.25, 0.3) is 0 Å². The molecule has 0 saturated carbocycles. The van der Waals surface area contributed by atoms with Crippen molar-refractivity contribution in [2.24, 2.45) is 0 Å². The second-order valence-corrected chi connectivity index (χ2v) is 5.41. The number of carboxylic acid groups (broad SMARTS) is 1. The molecular formula is C15H20ClNO4. The van der Waals surface area contributed by atoms with Crippen molar-refractivity contribution in [2.45, 2.75) is 19.6 Å². The van der Waals surface area contributed by atoms with E-state index in [9.17, 15) is 4.79 Å². The van der Waals surface area contributed by atoms with Crippen molar-refractivity contribution >= 4 is 17.6 Å². The summed E-state index contributed by atoms with van der Waals surface area (Å²) in [5, 5.41) is 9.25. The molecule has 116 valence electrons. The maximum Gasteiger partial charge on any atom is 0.337 e.